The van der Waals surface area contributed by atoms with E-state index in [9.17, 15) is 4.79 Å². The number of aromatic nitrogens is 2. The van der Waals surface area contributed by atoms with Crippen molar-refractivity contribution < 1.29 is 4.79 Å². The number of amides is 1. The molecule has 0 spiro atoms. The smallest absolute Gasteiger partial charge is 0.217 e. The van der Waals surface area contributed by atoms with Crippen molar-refractivity contribution in [1.82, 2.24) is 14.9 Å². The van der Waals surface area contributed by atoms with E-state index in [0.717, 1.165) is 23.4 Å². The molecule has 4 heteroatoms. The average molecular weight is 307 g/mol. The summed E-state index contributed by atoms with van der Waals surface area (Å²) in [6.07, 6.45) is 0. The summed E-state index contributed by atoms with van der Waals surface area (Å²) in [5, 5.41) is 2.93. The number of nitrogens with zero attached hydrogens (tertiary/aromatic N) is 2. The Balaban J connectivity index is 2.05. The first-order chi connectivity index (χ1) is 11.0. The Morgan fingerprint density at radius 3 is 2.57 bits per heavy atom. The van der Waals surface area contributed by atoms with Gasteiger partial charge in [0.2, 0.25) is 5.91 Å². The Hall–Kier alpha value is -2.62. The van der Waals surface area contributed by atoms with Gasteiger partial charge >= 0.3 is 0 Å². The van der Waals surface area contributed by atoms with E-state index in [1.165, 1.54) is 18.1 Å². The summed E-state index contributed by atoms with van der Waals surface area (Å²) in [6.45, 7) is 6.32. The van der Waals surface area contributed by atoms with Crippen LogP contribution in [-0.4, -0.2) is 15.5 Å². The Labute approximate surface area is 136 Å². The van der Waals surface area contributed by atoms with Crippen LogP contribution < -0.4 is 5.32 Å². The molecule has 4 nitrogen and oxygen atoms in total. The molecule has 0 fully saturated rings. The highest BCUT2D eigenvalue weighted by atomic mass is 16.1. The molecule has 1 N–H and O–H groups in total. The lowest BCUT2D eigenvalue weighted by Crippen LogP contribution is -2.26. The summed E-state index contributed by atoms with van der Waals surface area (Å²) in [5.41, 5.74) is 4.50. The minimum absolute atomic E-state index is 0.0496. The molecule has 23 heavy (non-hydrogen) atoms. The fourth-order valence-electron chi connectivity index (χ4n) is 2.84. The summed E-state index contributed by atoms with van der Waals surface area (Å²) in [6, 6.07) is 16.4. The first kappa shape index (κ1) is 15.3. The van der Waals surface area contributed by atoms with Crippen LogP contribution in [0.3, 0.4) is 0 Å². The number of hydrogen-bond acceptors (Lipinski definition) is 2. The Bertz CT molecular complexity index is 833. The van der Waals surface area contributed by atoms with E-state index in [4.69, 9.17) is 4.98 Å². The molecule has 1 heterocycles. The molecule has 0 saturated carbocycles. The molecule has 0 aliphatic heterocycles. The molecule has 0 aliphatic rings. The number of rotatable bonds is 4. The van der Waals surface area contributed by atoms with Crippen molar-refractivity contribution in [3.63, 3.8) is 0 Å². The van der Waals surface area contributed by atoms with Crippen LogP contribution in [0.5, 0.6) is 0 Å². The number of carbonyl (C=O) groups excluding carboxylic acids is 1. The molecule has 0 bridgehead atoms. The van der Waals surface area contributed by atoms with E-state index in [-0.39, 0.29) is 11.9 Å². The quantitative estimate of drug-likeness (QED) is 0.800. The highest BCUT2D eigenvalue weighted by Crippen LogP contribution is 2.22. The van der Waals surface area contributed by atoms with Crippen molar-refractivity contribution in [2.24, 2.45) is 0 Å². The number of nitrogens with one attached hydrogen (secondary N) is 1. The van der Waals surface area contributed by atoms with Crippen LogP contribution in [-0.2, 0) is 11.3 Å². The maximum absolute atomic E-state index is 11.4. The third kappa shape index (κ3) is 3.26. The molecule has 3 aromatic rings. The van der Waals surface area contributed by atoms with Crippen LogP contribution in [0.15, 0.2) is 48.5 Å². The largest absolute Gasteiger partial charge is 0.347 e. The lowest BCUT2D eigenvalue weighted by atomic mass is 10.1. The van der Waals surface area contributed by atoms with Crippen LogP contribution in [0, 0.1) is 6.92 Å². The van der Waals surface area contributed by atoms with Crippen LogP contribution in [0.2, 0.25) is 0 Å². The topological polar surface area (TPSA) is 46.9 Å². The number of para-hydroxylation sites is 2. The molecule has 1 aromatic heterocycles. The third-order valence-electron chi connectivity index (χ3n) is 3.95. The Morgan fingerprint density at radius 1 is 1.17 bits per heavy atom. The van der Waals surface area contributed by atoms with E-state index < -0.39 is 0 Å². The summed E-state index contributed by atoms with van der Waals surface area (Å²) >= 11 is 0. The average Bonchev–Trinajstić information content (AvgIpc) is 2.88. The Kier molecular flexibility index (Phi) is 4.15. The summed E-state index contributed by atoms with van der Waals surface area (Å²) in [5.74, 6) is 0.827. The normalized spacial score (nSPS) is 12.3. The minimum Gasteiger partial charge on any atom is -0.347 e. The second-order valence-electron chi connectivity index (χ2n) is 5.95. The van der Waals surface area contributed by atoms with E-state index >= 15 is 0 Å². The zero-order valence-corrected chi connectivity index (χ0v) is 13.7. The molecular formula is C19H21N3O. The second-order valence-corrected chi connectivity index (χ2v) is 5.95. The lowest BCUT2D eigenvalue weighted by Gasteiger charge is -2.15. The highest BCUT2D eigenvalue weighted by molar-refractivity contribution is 5.77. The van der Waals surface area contributed by atoms with Gasteiger partial charge in [0.05, 0.1) is 17.1 Å². The zero-order chi connectivity index (χ0) is 16.4. The first-order valence-corrected chi connectivity index (χ1v) is 7.82. The van der Waals surface area contributed by atoms with Crippen molar-refractivity contribution in [1.29, 1.82) is 0 Å². The lowest BCUT2D eigenvalue weighted by molar-refractivity contribution is -0.119. The molecule has 0 aliphatic carbocycles. The van der Waals surface area contributed by atoms with Gasteiger partial charge in [-0.25, -0.2) is 4.98 Å². The maximum atomic E-state index is 11.4. The minimum atomic E-state index is -0.134. The maximum Gasteiger partial charge on any atom is 0.217 e. The van der Waals surface area contributed by atoms with Crippen LogP contribution >= 0.6 is 0 Å². The van der Waals surface area contributed by atoms with Gasteiger partial charge < -0.3 is 9.88 Å². The summed E-state index contributed by atoms with van der Waals surface area (Å²) in [4.78, 5) is 16.1. The van der Waals surface area contributed by atoms with Gasteiger partial charge in [0, 0.05) is 13.5 Å². The van der Waals surface area contributed by atoms with E-state index in [2.05, 4.69) is 47.1 Å². The van der Waals surface area contributed by atoms with Crippen molar-refractivity contribution in [3.8, 4) is 0 Å². The molecule has 1 unspecified atom stereocenters. The first-order valence-electron chi connectivity index (χ1n) is 7.82. The number of fused-ring (bicyclic) bond motifs is 1. The molecule has 3 rings (SSSR count). The van der Waals surface area contributed by atoms with Crippen molar-refractivity contribution in [2.75, 3.05) is 0 Å². The number of carbonyl (C=O) groups is 1. The number of benzene rings is 2. The van der Waals surface area contributed by atoms with Crippen LogP contribution in [0.25, 0.3) is 11.0 Å². The van der Waals surface area contributed by atoms with Gasteiger partial charge in [0.15, 0.2) is 0 Å². The van der Waals surface area contributed by atoms with Gasteiger partial charge in [-0.15, -0.1) is 0 Å². The monoisotopic (exact) mass is 307 g/mol. The van der Waals surface area contributed by atoms with Gasteiger partial charge in [-0.05, 0) is 31.5 Å². The number of aryl methyl sites for hydroxylation is 1. The van der Waals surface area contributed by atoms with Crippen LogP contribution in [0.1, 0.15) is 36.8 Å². The van der Waals surface area contributed by atoms with Crippen molar-refractivity contribution in [2.45, 2.75) is 33.4 Å². The third-order valence-corrected chi connectivity index (χ3v) is 3.95. The van der Waals surface area contributed by atoms with E-state index in [0.29, 0.717) is 0 Å². The molecule has 118 valence electrons. The fourth-order valence-corrected chi connectivity index (χ4v) is 2.84. The second kappa shape index (κ2) is 6.24. The van der Waals surface area contributed by atoms with E-state index in [1.54, 1.807) is 0 Å². The van der Waals surface area contributed by atoms with E-state index in [1.807, 2.05) is 25.1 Å². The molecule has 1 amide bonds. The predicted molar refractivity (Wildman–Crippen MR) is 92.2 cm³/mol. The number of hydrogen-bond donors (Lipinski definition) is 1. The van der Waals surface area contributed by atoms with Gasteiger partial charge in [-0.3, -0.25) is 4.79 Å². The van der Waals surface area contributed by atoms with Crippen molar-refractivity contribution in [3.05, 3.63) is 65.5 Å². The summed E-state index contributed by atoms with van der Waals surface area (Å²) < 4.78 is 2.18. The predicted octanol–water partition coefficient (Wildman–Crippen LogP) is 3.59. The van der Waals surface area contributed by atoms with Gasteiger partial charge in [0.25, 0.3) is 0 Å². The molecule has 0 radical (unpaired) electrons. The Morgan fingerprint density at radius 2 is 1.87 bits per heavy atom. The SMILES string of the molecule is CC(=O)NC(C)c1nc2ccccc2n1Cc1ccc(C)cc1. The fraction of sp³-hybridized carbons (Fsp3) is 0.263. The molecule has 0 saturated heterocycles. The standard InChI is InChI=1S/C19H21N3O/c1-13-8-10-16(11-9-13)12-22-18-7-5-4-6-17(18)21-19(22)14(2)20-15(3)23/h4-11,14H,12H2,1-3H3,(H,20,23). The zero-order valence-electron chi connectivity index (χ0n) is 13.7. The van der Waals surface area contributed by atoms with Crippen molar-refractivity contribution >= 4 is 16.9 Å². The van der Waals surface area contributed by atoms with Gasteiger partial charge in [-0.2, -0.15) is 0 Å². The molecular weight excluding hydrogens is 286 g/mol. The molecule has 1 atom stereocenters. The summed E-state index contributed by atoms with van der Waals surface area (Å²) in [7, 11) is 0. The highest BCUT2D eigenvalue weighted by Gasteiger charge is 2.17. The molecule has 2 aromatic carbocycles. The van der Waals surface area contributed by atoms with Gasteiger partial charge in [-0.1, -0.05) is 42.0 Å². The van der Waals surface area contributed by atoms with Crippen LogP contribution in [0.4, 0.5) is 0 Å². The number of imidazole rings is 1. The van der Waals surface area contributed by atoms with Gasteiger partial charge in [0.1, 0.15) is 5.82 Å².